The first-order valence-corrected chi connectivity index (χ1v) is 7.14. The maximum atomic E-state index is 5.51. The summed E-state index contributed by atoms with van der Waals surface area (Å²) in [5.74, 6) is 2.07. The normalized spacial score (nSPS) is 47.4. The van der Waals surface area contributed by atoms with Crippen molar-refractivity contribution in [1.82, 2.24) is 5.32 Å². The van der Waals surface area contributed by atoms with Gasteiger partial charge in [-0.05, 0) is 56.8 Å². The van der Waals surface area contributed by atoms with Crippen molar-refractivity contribution in [1.29, 1.82) is 0 Å². The van der Waals surface area contributed by atoms with Crippen LogP contribution in [0, 0.1) is 11.8 Å². The molecule has 2 bridgehead atoms. The molecule has 3 rings (SSSR count). The van der Waals surface area contributed by atoms with Crippen LogP contribution < -0.4 is 5.32 Å². The van der Waals surface area contributed by atoms with Crippen molar-refractivity contribution in [3.63, 3.8) is 0 Å². The first-order valence-electron chi connectivity index (χ1n) is 7.14. The molecule has 0 aromatic heterocycles. The highest BCUT2D eigenvalue weighted by atomic mass is 16.5. The number of nitrogens with one attached hydrogen (secondary N) is 1. The van der Waals surface area contributed by atoms with Gasteiger partial charge in [-0.2, -0.15) is 0 Å². The van der Waals surface area contributed by atoms with E-state index in [-0.39, 0.29) is 0 Å². The lowest BCUT2D eigenvalue weighted by Crippen LogP contribution is -2.44. The maximum Gasteiger partial charge on any atom is 0.0586 e. The number of methoxy groups -OCH3 is 1. The molecule has 5 atom stereocenters. The fourth-order valence-electron chi connectivity index (χ4n) is 4.26. The van der Waals surface area contributed by atoms with Crippen LogP contribution in [0.2, 0.25) is 0 Å². The third-order valence-corrected chi connectivity index (χ3v) is 5.15. The van der Waals surface area contributed by atoms with E-state index in [1.807, 2.05) is 7.11 Å². The SMILES string of the molecule is COC1CCCC(NC2CC3CCC2C3)C1. The average Bonchev–Trinajstić information content (AvgIpc) is 2.91. The fourth-order valence-corrected chi connectivity index (χ4v) is 4.26. The number of ether oxygens (including phenoxy) is 1. The minimum absolute atomic E-state index is 0.518. The van der Waals surface area contributed by atoms with Gasteiger partial charge in [-0.3, -0.25) is 0 Å². The van der Waals surface area contributed by atoms with Crippen molar-refractivity contribution in [3.05, 3.63) is 0 Å². The third-order valence-electron chi connectivity index (χ3n) is 5.15. The molecular formula is C14H25NO. The van der Waals surface area contributed by atoms with Crippen LogP contribution in [-0.2, 0) is 4.74 Å². The molecule has 1 N–H and O–H groups in total. The van der Waals surface area contributed by atoms with Crippen LogP contribution in [0.1, 0.15) is 51.4 Å². The van der Waals surface area contributed by atoms with Crippen LogP contribution in [-0.4, -0.2) is 25.3 Å². The van der Waals surface area contributed by atoms with Gasteiger partial charge in [0.1, 0.15) is 0 Å². The quantitative estimate of drug-likeness (QED) is 0.794. The molecule has 2 nitrogen and oxygen atoms in total. The number of hydrogen-bond acceptors (Lipinski definition) is 2. The molecule has 92 valence electrons. The summed E-state index contributed by atoms with van der Waals surface area (Å²) in [5, 5.41) is 3.93. The summed E-state index contributed by atoms with van der Waals surface area (Å²) in [6.07, 6.45) is 11.7. The van der Waals surface area contributed by atoms with E-state index in [1.54, 1.807) is 0 Å². The van der Waals surface area contributed by atoms with Gasteiger partial charge in [0.15, 0.2) is 0 Å². The highest BCUT2D eigenvalue weighted by Crippen LogP contribution is 2.44. The molecule has 3 fully saturated rings. The van der Waals surface area contributed by atoms with Crippen LogP contribution in [0.3, 0.4) is 0 Å². The molecule has 3 aliphatic carbocycles. The third kappa shape index (κ3) is 2.14. The summed E-state index contributed by atoms with van der Waals surface area (Å²) in [6, 6.07) is 1.59. The minimum atomic E-state index is 0.518. The van der Waals surface area contributed by atoms with Crippen molar-refractivity contribution >= 4 is 0 Å². The Hall–Kier alpha value is -0.0800. The monoisotopic (exact) mass is 223 g/mol. The Morgan fingerprint density at radius 3 is 2.62 bits per heavy atom. The Morgan fingerprint density at radius 1 is 1.00 bits per heavy atom. The molecule has 3 saturated carbocycles. The van der Waals surface area contributed by atoms with Crippen LogP contribution in [0.15, 0.2) is 0 Å². The average molecular weight is 223 g/mol. The zero-order valence-electron chi connectivity index (χ0n) is 10.5. The lowest BCUT2D eigenvalue weighted by Gasteiger charge is -2.33. The molecule has 5 unspecified atom stereocenters. The lowest BCUT2D eigenvalue weighted by atomic mass is 9.89. The largest absolute Gasteiger partial charge is 0.381 e. The van der Waals surface area contributed by atoms with Gasteiger partial charge in [0.2, 0.25) is 0 Å². The van der Waals surface area contributed by atoms with E-state index in [1.165, 1.54) is 51.4 Å². The fraction of sp³-hybridized carbons (Fsp3) is 1.00. The van der Waals surface area contributed by atoms with E-state index in [9.17, 15) is 0 Å². The summed E-state index contributed by atoms with van der Waals surface area (Å²) in [7, 11) is 1.87. The maximum absolute atomic E-state index is 5.51. The van der Waals surface area contributed by atoms with Gasteiger partial charge >= 0.3 is 0 Å². The van der Waals surface area contributed by atoms with Crippen molar-refractivity contribution in [2.75, 3.05) is 7.11 Å². The van der Waals surface area contributed by atoms with E-state index in [2.05, 4.69) is 5.32 Å². The summed E-state index contributed by atoms with van der Waals surface area (Å²) >= 11 is 0. The number of fused-ring (bicyclic) bond motifs is 2. The second-order valence-electron chi connectivity index (χ2n) is 6.17. The predicted octanol–water partition coefficient (Wildman–Crippen LogP) is 2.72. The minimum Gasteiger partial charge on any atom is -0.381 e. The van der Waals surface area contributed by atoms with E-state index < -0.39 is 0 Å². The van der Waals surface area contributed by atoms with E-state index >= 15 is 0 Å². The zero-order valence-corrected chi connectivity index (χ0v) is 10.5. The van der Waals surface area contributed by atoms with Crippen molar-refractivity contribution in [2.24, 2.45) is 11.8 Å². The van der Waals surface area contributed by atoms with Crippen molar-refractivity contribution in [2.45, 2.75) is 69.6 Å². The highest BCUT2D eigenvalue weighted by molar-refractivity contribution is 4.96. The first kappa shape index (κ1) is 11.0. The van der Waals surface area contributed by atoms with Gasteiger partial charge in [0.25, 0.3) is 0 Å². The van der Waals surface area contributed by atoms with Crippen LogP contribution in [0.5, 0.6) is 0 Å². The molecule has 3 aliphatic rings. The summed E-state index contributed by atoms with van der Waals surface area (Å²) < 4.78 is 5.51. The number of rotatable bonds is 3. The summed E-state index contributed by atoms with van der Waals surface area (Å²) in [5.41, 5.74) is 0. The molecule has 0 aromatic carbocycles. The smallest absolute Gasteiger partial charge is 0.0586 e. The second kappa shape index (κ2) is 4.66. The Balaban J connectivity index is 1.51. The molecule has 0 aromatic rings. The van der Waals surface area contributed by atoms with Crippen LogP contribution >= 0.6 is 0 Å². The summed E-state index contributed by atoms with van der Waals surface area (Å²) in [4.78, 5) is 0. The molecular weight excluding hydrogens is 198 g/mol. The van der Waals surface area contributed by atoms with Crippen molar-refractivity contribution in [3.8, 4) is 0 Å². The van der Waals surface area contributed by atoms with Gasteiger partial charge < -0.3 is 10.1 Å². The zero-order chi connectivity index (χ0) is 11.0. The van der Waals surface area contributed by atoms with Crippen molar-refractivity contribution < 1.29 is 4.74 Å². The Labute approximate surface area is 99.1 Å². The summed E-state index contributed by atoms with van der Waals surface area (Å²) in [6.45, 7) is 0. The molecule has 0 heterocycles. The van der Waals surface area contributed by atoms with Gasteiger partial charge in [-0.1, -0.05) is 6.42 Å². The molecule has 0 spiro atoms. The van der Waals surface area contributed by atoms with E-state index in [0.29, 0.717) is 6.10 Å². The Bertz CT molecular complexity index is 243. The second-order valence-corrected chi connectivity index (χ2v) is 6.17. The standard InChI is InChI=1S/C14H25NO/c1-16-13-4-2-3-12(9-13)15-14-8-10-5-6-11(14)7-10/h10-15H,2-9H2,1H3. The molecule has 0 saturated heterocycles. The van der Waals surface area contributed by atoms with E-state index in [4.69, 9.17) is 4.74 Å². The molecule has 0 aliphatic heterocycles. The van der Waals surface area contributed by atoms with Crippen LogP contribution in [0.4, 0.5) is 0 Å². The van der Waals surface area contributed by atoms with Gasteiger partial charge in [0.05, 0.1) is 6.10 Å². The highest BCUT2D eigenvalue weighted by Gasteiger charge is 2.40. The van der Waals surface area contributed by atoms with Gasteiger partial charge in [0, 0.05) is 19.2 Å². The molecule has 2 heteroatoms. The van der Waals surface area contributed by atoms with Gasteiger partial charge in [-0.15, -0.1) is 0 Å². The van der Waals surface area contributed by atoms with Crippen LogP contribution in [0.25, 0.3) is 0 Å². The van der Waals surface area contributed by atoms with E-state index in [0.717, 1.165) is 23.9 Å². The van der Waals surface area contributed by atoms with Gasteiger partial charge in [-0.25, -0.2) is 0 Å². The predicted molar refractivity (Wildman–Crippen MR) is 65.4 cm³/mol. The topological polar surface area (TPSA) is 21.3 Å². The Morgan fingerprint density at radius 2 is 1.94 bits per heavy atom. The molecule has 0 amide bonds. The molecule has 16 heavy (non-hydrogen) atoms. The first-order chi connectivity index (χ1) is 7.85. The molecule has 0 radical (unpaired) electrons. The lowest BCUT2D eigenvalue weighted by molar-refractivity contribution is 0.0554. The number of hydrogen-bond donors (Lipinski definition) is 1. The Kier molecular flexibility index (Phi) is 3.21.